The van der Waals surface area contributed by atoms with Gasteiger partial charge in [-0.2, -0.15) is 5.10 Å². The summed E-state index contributed by atoms with van der Waals surface area (Å²) in [4.78, 5) is 17.8. The Morgan fingerprint density at radius 3 is 2.85 bits per heavy atom. The van der Waals surface area contributed by atoms with Crippen molar-refractivity contribution in [1.82, 2.24) is 25.4 Å². The Morgan fingerprint density at radius 1 is 1.31 bits per heavy atom. The van der Waals surface area contributed by atoms with E-state index in [-0.39, 0.29) is 11.9 Å². The molecule has 0 spiro atoms. The first-order chi connectivity index (χ1) is 12.6. The topological polar surface area (TPSA) is 71.8 Å². The van der Waals surface area contributed by atoms with Crippen molar-refractivity contribution in [2.24, 2.45) is 7.05 Å². The quantitative estimate of drug-likeness (QED) is 0.762. The van der Waals surface area contributed by atoms with Crippen LogP contribution >= 0.6 is 0 Å². The van der Waals surface area contributed by atoms with E-state index in [1.807, 2.05) is 50.4 Å². The third kappa shape index (κ3) is 3.08. The molecular weight excluding hydrogens is 326 g/mol. The van der Waals surface area contributed by atoms with Crippen molar-refractivity contribution in [3.8, 4) is 11.3 Å². The van der Waals surface area contributed by atoms with Gasteiger partial charge < -0.3 is 10.6 Å². The number of aromatic nitrogens is 3. The molecule has 2 N–H and O–H groups in total. The van der Waals surface area contributed by atoms with Crippen molar-refractivity contribution < 1.29 is 4.79 Å². The maximum atomic E-state index is 13.1. The number of nitrogens with zero attached hydrogens (tertiary/aromatic N) is 3. The second-order valence-corrected chi connectivity index (χ2v) is 6.85. The highest BCUT2D eigenvalue weighted by Crippen LogP contribution is 2.27. The van der Waals surface area contributed by atoms with Gasteiger partial charge in [-0.15, -0.1) is 0 Å². The molecule has 1 unspecified atom stereocenters. The van der Waals surface area contributed by atoms with Gasteiger partial charge in [-0.3, -0.25) is 9.48 Å². The van der Waals surface area contributed by atoms with E-state index in [9.17, 15) is 4.79 Å². The highest BCUT2D eigenvalue weighted by Gasteiger charge is 2.22. The largest absolute Gasteiger partial charge is 0.348 e. The Bertz CT molecular complexity index is 942. The van der Waals surface area contributed by atoms with Gasteiger partial charge in [0.05, 0.1) is 22.3 Å². The molecule has 0 radical (unpaired) electrons. The molecule has 6 nitrogen and oxygen atoms in total. The van der Waals surface area contributed by atoms with Gasteiger partial charge in [0.15, 0.2) is 5.65 Å². The minimum atomic E-state index is -0.0561. The summed E-state index contributed by atoms with van der Waals surface area (Å²) in [6.45, 7) is 3.76. The highest BCUT2D eigenvalue weighted by molar-refractivity contribution is 6.07. The van der Waals surface area contributed by atoms with Gasteiger partial charge in [0.1, 0.15) is 0 Å². The number of hydrogen-bond donors (Lipinski definition) is 2. The van der Waals surface area contributed by atoms with Crippen LogP contribution < -0.4 is 10.6 Å². The molecule has 134 valence electrons. The average molecular weight is 349 g/mol. The number of hydrogen-bond acceptors (Lipinski definition) is 4. The Hall–Kier alpha value is -2.73. The SMILES string of the molecule is Cc1nn(C)c2nc(-c3ccccc3)cc(C(=O)NC3CCCNC3)c12. The third-order valence-corrected chi connectivity index (χ3v) is 4.91. The van der Waals surface area contributed by atoms with Crippen LogP contribution in [0.2, 0.25) is 0 Å². The van der Waals surface area contributed by atoms with Crippen molar-refractivity contribution in [1.29, 1.82) is 0 Å². The van der Waals surface area contributed by atoms with Crippen molar-refractivity contribution in [2.75, 3.05) is 13.1 Å². The van der Waals surface area contributed by atoms with Crippen molar-refractivity contribution in [3.63, 3.8) is 0 Å². The predicted octanol–water partition coefficient (Wildman–Crippen LogP) is 2.43. The molecule has 4 rings (SSSR count). The molecule has 0 bridgehead atoms. The number of carbonyl (C=O) groups excluding carboxylic acids is 1. The molecule has 1 aliphatic heterocycles. The van der Waals surface area contributed by atoms with Crippen LogP contribution in [-0.4, -0.2) is 39.8 Å². The molecule has 1 atom stereocenters. The van der Waals surface area contributed by atoms with Gasteiger partial charge in [-0.1, -0.05) is 30.3 Å². The number of fused-ring (bicyclic) bond motifs is 1. The average Bonchev–Trinajstić information content (AvgIpc) is 2.96. The highest BCUT2D eigenvalue weighted by atomic mass is 16.1. The van der Waals surface area contributed by atoms with E-state index >= 15 is 0 Å². The predicted molar refractivity (Wildman–Crippen MR) is 102 cm³/mol. The number of aryl methyl sites for hydroxylation is 2. The van der Waals surface area contributed by atoms with Gasteiger partial charge in [-0.05, 0) is 32.4 Å². The fourth-order valence-electron chi connectivity index (χ4n) is 3.62. The van der Waals surface area contributed by atoms with Crippen LogP contribution in [0.4, 0.5) is 0 Å². The summed E-state index contributed by atoms with van der Waals surface area (Å²) < 4.78 is 1.75. The second kappa shape index (κ2) is 6.88. The van der Waals surface area contributed by atoms with Crippen LogP contribution in [0.15, 0.2) is 36.4 Å². The lowest BCUT2D eigenvalue weighted by atomic mass is 10.0. The number of rotatable bonds is 3. The summed E-state index contributed by atoms with van der Waals surface area (Å²) in [5.74, 6) is -0.0561. The molecule has 0 saturated carbocycles. The van der Waals surface area contributed by atoms with Crippen molar-refractivity contribution in [2.45, 2.75) is 25.8 Å². The summed E-state index contributed by atoms with van der Waals surface area (Å²) in [5.41, 5.74) is 3.97. The molecule has 3 heterocycles. The fourth-order valence-corrected chi connectivity index (χ4v) is 3.62. The van der Waals surface area contributed by atoms with E-state index in [4.69, 9.17) is 4.98 Å². The number of carbonyl (C=O) groups is 1. The summed E-state index contributed by atoms with van der Waals surface area (Å²) in [6.07, 6.45) is 2.09. The summed E-state index contributed by atoms with van der Waals surface area (Å²) in [6, 6.07) is 12.0. The number of piperidine rings is 1. The molecule has 26 heavy (non-hydrogen) atoms. The van der Waals surface area contributed by atoms with E-state index in [2.05, 4.69) is 15.7 Å². The van der Waals surface area contributed by atoms with Crippen LogP contribution in [0, 0.1) is 6.92 Å². The molecule has 3 aromatic rings. The first-order valence-corrected chi connectivity index (χ1v) is 9.05. The number of nitrogens with one attached hydrogen (secondary N) is 2. The van der Waals surface area contributed by atoms with E-state index in [1.54, 1.807) is 4.68 Å². The first-order valence-electron chi connectivity index (χ1n) is 9.05. The summed E-state index contributed by atoms with van der Waals surface area (Å²) in [5, 5.41) is 11.8. The lowest BCUT2D eigenvalue weighted by molar-refractivity contribution is 0.0932. The van der Waals surface area contributed by atoms with E-state index < -0.39 is 0 Å². The maximum absolute atomic E-state index is 13.1. The van der Waals surface area contributed by atoms with Crippen molar-refractivity contribution in [3.05, 3.63) is 47.7 Å². The fraction of sp³-hybridized carbons (Fsp3) is 0.350. The molecular formula is C20H23N5O. The van der Waals surface area contributed by atoms with Gasteiger partial charge in [0.25, 0.3) is 5.91 Å². The molecule has 1 aromatic carbocycles. The Balaban J connectivity index is 1.79. The monoisotopic (exact) mass is 349 g/mol. The third-order valence-electron chi connectivity index (χ3n) is 4.91. The minimum Gasteiger partial charge on any atom is -0.348 e. The summed E-state index contributed by atoms with van der Waals surface area (Å²) in [7, 11) is 1.86. The Morgan fingerprint density at radius 2 is 2.12 bits per heavy atom. The van der Waals surface area contributed by atoms with Crippen LogP contribution in [0.5, 0.6) is 0 Å². The number of amides is 1. The standard InChI is InChI=1S/C20H23N5O/c1-13-18-16(20(26)22-15-9-6-10-21-12-15)11-17(14-7-4-3-5-8-14)23-19(18)25(2)24-13/h3-5,7-8,11,15,21H,6,9-10,12H2,1-2H3,(H,22,26). The second-order valence-electron chi connectivity index (χ2n) is 6.85. The zero-order chi connectivity index (χ0) is 18.1. The molecule has 1 saturated heterocycles. The normalized spacial score (nSPS) is 17.4. The molecule has 0 aliphatic carbocycles. The summed E-state index contributed by atoms with van der Waals surface area (Å²) >= 11 is 0. The molecule has 1 fully saturated rings. The Labute approximate surface area is 152 Å². The van der Waals surface area contributed by atoms with Crippen LogP contribution in [0.1, 0.15) is 28.9 Å². The van der Waals surface area contributed by atoms with Gasteiger partial charge >= 0.3 is 0 Å². The van der Waals surface area contributed by atoms with E-state index in [1.165, 1.54) is 0 Å². The van der Waals surface area contributed by atoms with Crippen LogP contribution in [0.3, 0.4) is 0 Å². The van der Waals surface area contributed by atoms with Gasteiger partial charge in [0, 0.05) is 25.2 Å². The van der Waals surface area contributed by atoms with Crippen LogP contribution in [-0.2, 0) is 7.05 Å². The molecule has 6 heteroatoms. The zero-order valence-electron chi connectivity index (χ0n) is 15.1. The Kier molecular flexibility index (Phi) is 4.42. The zero-order valence-corrected chi connectivity index (χ0v) is 15.1. The smallest absolute Gasteiger partial charge is 0.252 e. The first kappa shape index (κ1) is 16.7. The molecule has 1 aliphatic rings. The van der Waals surface area contributed by atoms with E-state index in [0.717, 1.165) is 53.9 Å². The lowest BCUT2D eigenvalue weighted by Crippen LogP contribution is -2.45. The van der Waals surface area contributed by atoms with E-state index in [0.29, 0.717) is 5.56 Å². The maximum Gasteiger partial charge on any atom is 0.252 e. The van der Waals surface area contributed by atoms with Crippen LogP contribution in [0.25, 0.3) is 22.3 Å². The van der Waals surface area contributed by atoms with Gasteiger partial charge in [0.2, 0.25) is 0 Å². The van der Waals surface area contributed by atoms with Gasteiger partial charge in [-0.25, -0.2) is 4.98 Å². The lowest BCUT2D eigenvalue weighted by Gasteiger charge is -2.24. The number of benzene rings is 1. The minimum absolute atomic E-state index is 0.0561. The molecule has 2 aromatic heterocycles. The van der Waals surface area contributed by atoms with Crippen molar-refractivity contribution >= 4 is 16.9 Å². The molecule has 1 amide bonds. The number of pyridine rings is 1.